The average Bonchev–Trinajstić information content (AvgIpc) is 1.88. The first-order chi connectivity index (χ1) is 4.35. The van der Waals surface area contributed by atoms with E-state index in [2.05, 4.69) is 5.32 Å². The van der Waals surface area contributed by atoms with Gasteiger partial charge < -0.3 is 15.2 Å². The van der Waals surface area contributed by atoms with E-state index in [9.17, 15) is 0 Å². The van der Waals surface area contributed by atoms with Gasteiger partial charge >= 0.3 is 0 Å². The number of likely N-dealkylation sites (N-methyl/N-ethyl adjacent to an activating group) is 1. The summed E-state index contributed by atoms with van der Waals surface area (Å²) in [7, 11) is 3.51. The first-order valence-electron chi connectivity index (χ1n) is 3.13. The van der Waals surface area contributed by atoms with Gasteiger partial charge in [0.2, 0.25) is 0 Å². The molecule has 0 radical (unpaired) electrons. The summed E-state index contributed by atoms with van der Waals surface area (Å²) in [4.78, 5) is 0. The Balaban J connectivity index is 3.18. The number of nitrogens with one attached hydrogen (secondary N) is 1. The minimum absolute atomic E-state index is 0.153. The zero-order chi connectivity index (χ0) is 7.11. The number of methoxy groups -OCH3 is 1. The highest BCUT2D eigenvalue weighted by molar-refractivity contribution is 4.57. The number of aliphatic hydroxyl groups is 1. The SMILES string of the molecule is CNC[C@H](CCO)OC. The van der Waals surface area contributed by atoms with E-state index in [0.717, 1.165) is 6.54 Å². The van der Waals surface area contributed by atoms with E-state index in [0.29, 0.717) is 6.42 Å². The van der Waals surface area contributed by atoms with Gasteiger partial charge in [0.15, 0.2) is 0 Å². The van der Waals surface area contributed by atoms with Crippen LogP contribution in [0.3, 0.4) is 0 Å². The minimum Gasteiger partial charge on any atom is -0.396 e. The van der Waals surface area contributed by atoms with Crippen LogP contribution in [0.5, 0.6) is 0 Å². The maximum atomic E-state index is 8.49. The Hall–Kier alpha value is -0.120. The quantitative estimate of drug-likeness (QED) is 0.536. The zero-order valence-corrected chi connectivity index (χ0v) is 6.05. The van der Waals surface area contributed by atoms with Gasteiger partial charge in [0.25, 0.3) is 0 Å². The number of aliphatic hydroxyl groups excluding tert-OH is 1. The third-order valence-corrected chi connectivity index (χ3v) is 1.22. The summed E-state index contributed by atoms with van der Waals surface area (Å²) < 4.78 is 5.01. The molecule has 0 aromatic heterocycles. The van der Waals surface area contributed by atoms with Crippen molar-refractivity contribution in [1.82, 2.24) is 5.32 Å². The van der Waals surface area contributed by atoms with Crippen molar-refractivity contribution in [3.05, 3.63) is 0 Å². The molecule has 56 valence electrons. The Morgan fingerprint density at radius 3 is 2.67 bits per heavy atom. The van der Waals surface area contributed by atoms with Crippen molar-refractivity contribution in [2.45, 2.75) is 12.5 Å². The lowest BCUT2D eigenvalue weighted by molar-refractivity contribution is 0.0788. The molecule has 0 unspecified atom stereocenters. The lowest BCUT2D eigenvalue weighted by atomic mass is 10.2. The van der Waals surface area contributed by atoms with Crippen LogP contribution in [-0.2, 0) is 4.74 Å². The monoisotopic (exact) mass is 133 g/mol. The van der Waals surface area contributed by atoms with Crippen molar-refractivity contribution in [3.8, 4) is 0 Å². The summed E-state index contributed by atoms with van der Waals surface area (Å²) in [5.41, 5.74) is 0. The zero-order valence-electron chi connectivity index (χ0n) is 6.05. The fourth-order valence-electron chi connectivity index (χ4n) is 0.675. The van der Waals surface area contributed by atoms with Gasteiger partial charge in [-0.2, -0.15) is 0 Å². The summed E-state index contributed by atoms with van der Waals surface area (Å²) >= 11 is 0. The lowest BCUT2D eigenvalue weighted by Gasteiger charge is -2.11. The molecule has 0 aliphatic rings. The fraction of sp³-hybridized carbons (Fsp3) is 1.00. The van der Waals surface area contributed by atoms with Crippen LogP contribution in [0.4, 0.5) is 0 Å². The third-order valence-electron chi connectivity index (χ3n) is 1.22. The molecule has 0 saturated heterocycles. The number of rotatable bonds is 5. The molecule has 2 N–H and O–H groups in total. The Kier molecular flexibility index (Phi) is 5.93. The Bertz CT molecular complexity index is 53.0. The highest BCUT2D eigenvalue weighted by Crippen LogP contribution is 1.92. The molecule has 0 spiro atoms. The number of hydrogen-bond donors (Lipinski definition) is 2. The summed E-state index contributed by atoms with van der Waals surface area (Å²) in [5, 5.41) is 11.5. The van der Waals surface area contributed by atoms with Crippen LogP contribution in [0.2, 0.25) is 0 Å². The Morgan fingerprint density at radius 1 is 1.67 bits per heavy atom. The van der Waals surface area contributed by atoms with Crippen LogP contribution in [0.25, 0.3) is 0 Å². The first kappa shape index (κ1) is 8.88. The Morgan fingerprint density at radius 2 is 2.33 bits per heavy atom. The molecule has 0 heterocycles. The largest absolute Gasteiger partial charge is 0.396 e. The second-order valence-electron chi connectivity index (χ2n) is 1.93. The van der Waals surface area contributed by atoms with Gasteiger partial charge in [0, 0.05) is 20.3 Å². The molecule has 0 aromatic carbocycles. The van der Waals surface area contributed by atoms with Crippen molar-refractivity contribution in [1.29, 1.82) is 0 Å². The maximum absolute atomic E-state index is 8.49. The van der Waals surface area contributed by atoms with Gasteiger partial charge in [-0.3, -0.25) is 0 Å². The molecule has 1 atom stereocenters. The topological polar surface area (TPSA) is 41.5 Å². The van der Waals surface area contributed by atoms with Crippen LogP contribution in [0.1, 0.15) is 6.42 Å². The predicted octanol–water partition coefficient (Wildman–Crippen LogP) is -0.397. The van der Waals surface area contributed by atoms with E-state index < -0.39 is 0 Å². The lowest BCUT2D eigenvalue weighted by Crippen LogP contribution is -2.26. The van der Waals surface area contributed by atoms with Crippen LogP contribution >= 0.6 is 0 Å². The molecule has 0 rings (SSSR count). The van der Waals surface area contributed by atoms with Crippen molar-refractivity contribution in [3.63, 3.8) is 0 Å². The van der Waals surface area contributed by atoms with E-state index in [-0.39, 0.29) is 12.7 Å². The van der Waals surface area contributed by atoms with Gasteiger partial charge in [-0.15, -0.1) is 0 Å². The normalized spacial score (nSPS) is 13.7. The molecule has 0 saturated carbocycles. The van der Waals surface area contributed by atoms with Crippen LogP contribution in [0, 0.1) is 0 Å². The van der Waals surface area contributed by atoms with E-state index in [4.69, 9.17) is 9.84 Å². The second kappa shape index (κ2) is 6.01. The molecular weight excluding hydrogens is 118 g/mol. The van der Waals surface area contributed by atoms with Crippen molar-refractivity contribution < 1.29 is 9.84 Å². The van der Waals surface area contributed by atoms with Crippen LogP contribution in [0.15, 0.2) is 0 Å². The average molecular weight is 133 g/mol. The molecular formula is C6H15NO2. The standard InChI is InChI=1S/C6H15NO2/c1-7-5-6(9-2)3-4-8/h6-8H,3-5H2,1-2H3/t6-/m0/s1. The summed E-state index contributed by atoms with van der Waals surface area (Å²) in [6.07, 6.45) is 0.858. The molecule has 0 amide bonds. The first-order valence-corrected chi connectivity index (χ1v) is 3.13. The van der Waals surface area contributed by atoms with Crippen molar-refractivity contribution in [2.75, 3.05) is 27.3 Å². The number of ether oxygens (including phenoxy) is 1. The smallest absolute Gasteiger partial charge is 0.0717 e. The molecule has 0 aliphatic heterocycles. The van der Waals surface area contributed by atoms with Crippen LogP contribution < -0.4 is 5.32 Å². The predicted molar refractivity (Wildman–Crippen MR) is 36.4 cm³/mol. The van der Waals surface area contributed by atoms with E-state index in [1.165, 1.54) is 0 Å². The van der Waals surface area contributed by atoms with Crippen molar-refractivity contribution >= 4 is 0 Å². The molecule has 0 bridgehead atoms. The van der Waals surface area contributed by atoms with Crippen LogP contribution in [-0.4, -0.2) is 38.5 Å². The molecule has 0 aliphatic carbocycles. The van der Waals surface area contributed by atoms with Gasteiger partial charge in [0.05, 0.1) is 6.10 Å². The van der Waals surface area contributed by atoms with E-state index in [1.807, 2.05) is 7.05 Å². The highest BCUT2D eigenvalue weighted by Gasteiger charge is 2.02. The third kappa shape index (κ3) is 4.39. The molecule has 0 fully saturated rings. The Labute approximate surface area is 56.0 Å². The van der Waals surface area contributed by atoms with E-state index >= 15 is 0 Å². The summed E-state index contributed by atoms with van der Waals surface area (Å²) in [6.45, 7) is 0.997. The molecule has 9 heavy (non-hydrogen) atoms. The maximum Gasteiger partial charge on any atom is 0.0717 e. The fourth-order valence-corrected chi connectivity index (χ4v) is 0.675. The molecule has 3 heteroatoms. The summed E-state index contributed by atoms with van der Waals surface area (Å²) in [5.74, 6) is 0. The van der Waals surface area contributed by atoms with Gasteiger partial charge in [-0.25, -0.2) is 0 Å². The second-order valence-corrected chi connectivity index (χ2v) is 1.93. The minimum atomic E-state index is 0.153. The summed E-state index contributed by atoms with van der Waals surface area (Å²) in [6, 6.07) is 0. The highest BCUT2D eigenvalue weighted by atomic mass is 16.5. The number of hydrogen-bond acceptors (Lipinski definition) is 3. The van der Waals surface area contributed by atoms with Crippen molar-refractivity contribution in [2.24, 2.45) is 0 Å². The molecule has 0 aromatic rings. The van der Waals surface area contributed by atoms with Gasteiger partial charge in [-0.05, 0) is 13.5 Å². The van der Waals surface area contributed by atoms with E-state index in [1.54, 1.807) is 7.11 Å². The van der Waals surface area contributed by atoms with Gasteiger partial charge in [0.1, 0.15) is 0 Å². The molecule has 3 nitrogen and oxygen atoms in total. The van der Waals surface area contributed by atoms with Gasteiger partial charge in [-0.1, -0.05) is 0 Å².